The van der Waals surface area contributed by atoms with Crippen LogP contribution in [0.1, 0.15) is 32.3 Å². The fourth-order valence-corrected chi connectivity index (χ4v) is 2.93. The molecule has 5 nitrogen and oxygen atoms in total. The lowest BCUT2D eigenvalue weighted by Gasteiger charge is -2.38. The molecule has 0 spiro atoms. The van der Waals surface area contributed by atoms with Gasteiger partial charge >= 0.3 is 0 Å². The van der Waals surface area contributed by atoms with Gasteiger partial charge < -0.3 is 20.5 Å². The number of methoxy groups -OCH3 is 1. The van der Waals surface area contributed by atoms with Gasteiger partial charge in [-0.3, -0.25) is 4.79 Å². The molecular formula is C18H29ClN2O3. The molecule has 1 heterocycles. The van der Waals surface area contributed by atoms with Crippen molar-refractivity contribution in [3.05, 3.63) is 29.8 Å². The molecule has 24 heavy (non-hydrogen) atoms. The summed E-state index contributed by atoms with van der Waals surface area (Å²) < 4.78 is 10.8. The van der Waals surface area contributed by atoms with Crippen LogP contribution < -0.4 is 15.8 Å². The quantitative estimate of drug-likeness (QED) is 0.820. The van der Waals surface area contributed by atoms with Crippen LogP contribution in [0.25, 0.3) is 0 Å². The zero-order valence-electron chi connectivity index (χ0n) is 14.7. The van der Waals surface area contributed by atoms with Gasteiger partial charge in [-0.1, -0.05) is 19.1 Å². The average Bonchev–Trinajstić information content (AvgIpc) is 2.59. The van der Waals surface area contributed by atoms with Gasteiger partial charge in [0.05, 0.1) is 7.11 Å². The van der Waals surface area contributed by atoms with Gasteiger partial charge in [0.15, 0.2) is 0 Å². The van der Waals surface area contributed by atoms with Crippen LogP contribution in [0.2, 0.25) is 0 Å². The fraction of sp³-hybridized carbons (Fsp3) is 0.611. The van der Waals surface area contributed by atoms with Gasteiger partial charge in [0.25, 0.3) is 0 Å². The van der Waals surface area contributed by atoms with E-state index in [2.05, 4.69) is 17.4 Å². The molecule has 1 aromatic carbocycles. The van der Waals surface area contributed by atoms with E-state index in [-0.39, 0.29) is 35.7 Å². The molecule has 1 fully saturated rings. The number of benzene rings is 1. The molecule has 0 saturated carbocycles. The van der Waals surface area contributed by atoms with E-state index in [1.54, 1.807) is 7.11 Å². The first-order valence-corrected chi connectivity index (χ1v) is 8.24. The molecule has 0 bridgehead atoms. The first-order valence-electron chi connectivity index (χ1n) is 8.24. The van der Waals surface area contributed by atoms with Gasteiger partial charge in [-0.2, -0.15) is 0 Å². The second kappa shape index (κ2) is 9.25. The van der Waals surface area contributed by atoms with Crippen molar-refractivity contribution in [2.75, 3.05) is 26.9 Å². The van der Waals surface area contributed by atoms with Gasteiger partial charge in [-0.25, -0.2) is 0 Å². The van der Waals surface area contributed by atoms with E-state index in [1.807, 2.05) is 26.0 Å². The van der Waals surface area contributed by atoms with Gasteiger partial charge in [0, 0.05) is 37.1 Å². The molecule has 0 aromatic heterocycles. The first kappa shape index (κ1) is 20.7. The molecule has 2 atom stereocenters. The summed E-state index contributed by atoms with van der Waals surface area (Å²) in [4.78, 5) is 12.3. The van der Waals surface area contributed by atoms with Crippen LogP contribution in [0.5, 0.6) is 5.75 Å². The highest BCUT2D eigenvalue weighted by atomic mass is 35.5. The Bertz CT molecular complexity index is 514. The second-order valence-corrected chi connectivity index (χ2v) is 6.49. The summed E-state index contributed by atoms with van der Waals surface area (Å²) in [5.74, 6) is 0.660. The second-order valence-electron chi connectivity index (χ2n) is 6.49. The Labute approximate surface area is 150 Å². The Hall–Kier alpha value is -1.30. The maximum atomic E-state index is 12.3. The summed E-state index contributed by atoms with van der Waals surface area (Å²) in [5, 5.41) is 3.10. The highest BCUT2D eigenvalue weighted by molar-refractivity contribution is 5.85. The number of rotatable bonds is 6. The number of amides is 1. The topological polar surface area (TPSA) is 73.6 Å². The molecule has 3 N–H and O–H groups in total. The monoisotopic (exact) mass is 356 g/mol. The number of ether oxygens (including phenoxy) is 2. The Morgan fingerprint density at radius 2 is 1.88 bits per heavy atom. The number of halogens is 1. The summed E-state index contributed by atoms with van der Waals surface area (Å²) in [6.45, 7) is 5.76. The van der Waals surface area contributed by atoms with Crippen LogP contribution >= 0.6 is 12.4 Å². The van der Waals surface area contributed by atoms with E-state index in [1.165, 1.54) is 5.56 Å². The predicted octanol–water partition coefficient (Wildman–Crippen LogP) is 2.26. The molecule has 2 rings (SSSR count). The van der Waals surface area contributed by atoms with E-state index in [0.29, 0.717) is 19.8 Å². The maximum Gasteiger partial charge on any atom is 0.224 e. The highest BCUT2D eigenvalue weighted by Gasteiger charge is 2.35. The molecule has 0 radical (unpaired) electrons. The highest BCUT2D eigenvalue weighted by Crippen LogP contribution is 2.35. The van der Waals surface area contributed by atoms with Crippen molar-refractivity contribution in [2.45, 2.75) is 38.1 Å². The van der Waals surface area contributed by atoms with Crippen molar-refractivity contribution in [1.29, 1.82) is 0 Å². The molecule has 1 saturated heterocycles. The van der Waals surface area contributed by atoms with Gasteiger partial charge in [0.1, 0.15) is 5.75 Å². The lowest BCUT2D eigenvalue weighted by molar-refractivity contribution is -0.125. The zero-order valence-corrected chi connectivity index (χ0v) is 15.5. The summed E-state index contributed by atoms with van der Waals surface area (Å²) >= 11 is 0. The van der Waals surface area contributed by atoms with Crippen LogP contribution in [0, 0.1) is 5.92 Å². The molecule has 0 aliphatic carbocycles. The first-order chi connectivity index (χ1) is 11.0. The molecule has 1 amide bonds. The van der Waals surface area contributed by atoms with E-state index < -0.39 is 0 Å². The van der Waals surface area contributed by atoms with Crippen LogP contribution in [0.15, 0.2) is 24.3 Å². The van der Waals surface area contributed by atoms with Crippen LogP contribution in [0.3, 0.4) is 0 Å². The van der Waals surface area contributed by atoms with Crippen molar-refractivity contribution in [3.63, 3.8) is 0 Å². The minimum atomic E-state index is -0.192. The lowest BCUT2D eigenvalue weighted by atomic mass is 9.74. The predicted molar refractivity (Wildman–Crippen MR) is 97.8 cm³/mol. The minimum Gasteiger partial charge on any atom is -0.497 e. The van der Waals surface area contributed by atoms with Crippen molar-refractivity contribution in [2.24, 2.45) is 11.7 Å². The van der Waals surface area contributed by atoms with E-state index in [4.69, 9.17) is 15.2 Å². The Morgan fingerprint density at radius 1 is 1.29 bits per heavy atom. The number of carbonyl (C=O) groups excluding carboxylic acids is 1. The zero-order chi connectivity index (χ0) is 16.9. The SMILES string of the molecule is COc1ccc(C2(CNC(=O)C(C)C(C)N)CCOCC2)cc1.Cl. The molecule has 1 aliphatic rings. The third kappa shape index (κ3) is 4.85. The lowest BCUT2D eigenvalue weighted by Crippen LogP contribution is -2.47. The number of carbonyl (C=O) groups is 1. The van der Waals surface area contributed by atoms with Crippen LogP contribution in [-0.4, -0.2) is 38.8 Å². The fourth-order valence-electron chi connectivity index (χ4n) is 2.93. The van der Waals surface area contributed by atoms with Crippen LogP contribution in [0.4, 0.5) is 0 Å². The molecule has 6 heteroatoms. The molecular weight excluding hydrogens is 328 g/mol. The number of nitrogens with two attached hydrogens (primary N) is 1. The summed E-state index contributed by atoms with van der Waals surface area (Å²) in [6.07, 6.45) is 1.79. The third-order valence-corrected chi connectivity index (χ3v) is 4.96. The average molecular weight is 357 g/mol. The van der Waals surface area contributed by atoms with E-state index >= 15 is 0 Å². The Morgan fingerprint density at radius 3 is 2.38 bits per heavy atom. The van der Waals surface area contributed by atoms with Gasteiger partial charge in [0.2, 0.25) is 5.91 Å². The van der Waals surface area contributed by atoms with Crippen molar-refractivity contribution >= 4 is 18.3 Å². The van der Waals surface area contributed by atoms with E-state index in [0.717, 1.165) is 18.6 Å². The Balaban J connectivity index is 0.00000288. The minimum absolute atomic E-state index is 0. The van der Waals surface area contributed by atoms with Crippen LogP contribution in [-0.2, 0) is 14.9 Å². The molecule has 1 aliphatic heterocycles. The number of nitrogens with one attached hydrogen (secondary N) is 1. The molecule has 1 aromatic rings. The molecule has 136 valence electrons. The summed E-state index contributed by atoms with van der Waals surface area (Å²) in [6, 6.07) is 7.97. The molecule has 2 unspecified atom stereocenters. The largest absolute Gasteiger partial charge is 0.497 e. The number of hydrogen-bond donors (Lipinski definition) is 2. The van der Waals surface area contributed by atoms with Gasteiger partial charge in [-0.05, 0) is 37.5 Å². The smallest absolute Gasteiger partial charge is 0.224 e. The third-order valence-electron chi connectivity index (χ3n) is 4.96. The standard InChI is InChI=1S/C18H28N2O3.ClH/c1-13(14(2)19)17(21)20-12-18(8-10-23-11-9-18)15-4-6-16(22-3)7-5-15;/h4-7,13-14H,8-12,19H2,1-3H3,(H,20,21);1H. The van der Waals surface area contributed by atoms with Crippen molar-refractivity contribution < 1.29 is 14.3 Å². The Kier molecular flexibility index (Phi) is 8.00. The number of hydrogen-bond acceptors (Lipinski definition) is 4. The van der Waals surface area contributed by atoms with E-state index in [9.17, 15) is 4.79 Å². The van der Waals surface area contributed by atoms with Gasteiger partial charge in [-0.15, -0.1) is 12.4 Å². The normalized spacial score (nSPS) is 18.8. The summed E-state index contributed by atoms with van der Waals surface area (Å²) in [7, 11) is 1.66. The summed E-state index contributed by atoms with van der Waals surface area (Å²) in [5.41, 5.74) is 6.96. The maximum absolute atomic E-state index is 12.3. The van der Waals surface area contributed by atoms with Crippen molar-refractivity contribution in [1.82, 2.24) is 5.32 Å². The van der Waals surface area contributed by atoms with Crippen molar-refractivity contribution in [3.8, 4) is 5.75 Å².